The Balaban J connectivity index is 2.42. The number of rotatable bonds is 3. The van der Waals surface area contributed by atoms with E-state index in [4.69, 9.17) is 0 Å². The van der Waals surface area contributed by atoms with Crippen molar-refractivity contribution in [3.05, 3.63) is 45.7 Å². The molecule has 1 aliphatic carbocycles. The Kier molecular flexibility index (Phi) is 3.07. The van der Waals surface area contributed by atoms with Crippen molar-refractivity contribution in [3.63, 3.8) is 0 Å². The van der Waals surface area contributed by atoms with Crippen LogP contribution in [0.5, 0.6) is 0 Å². The molecule has 0 saturated heterocycles. The van der Waals surface area contributed by atoms with Gasteiger partial charge in [-0.15, -0.1) is 11.3 Å². The van der Waals surface area contributed by atoms with E-state index in [0.717, 1.165) is 6.42 Å². The van der Waals surface area contributed by atoms with Gasteiger partial charge in [0.1, 0.15) is 0 Å². The molecule has 0 unspecified atom stereocenters. The third-order valence-corrected chi connectivity index (χ3v) is 4.63. The summed E-state index contributed by atoms with van der Waals surface area (Å²) in [6.07, 6.45) is 7.98. The van der Waals surface area contributed by atoms with Crippen molar-refractivity contribution in [1.29, 1.82) is 0 Å². The lowest BCUT2D eigenvalue weighted by molar-refractivity contribution is 0.639. The molecule has 0 radical (unpaired) electrons. The minimum atomic E-state index is 0.167. The van der Waals surface area contributed by atoms with Crippen LogP contribution in [0.4, 0.5) is 0 Å². The van der Waals surface area contributed by atoms with Crippen molar-refractivity contribution in [2.45, 2.75) is 45.4 Å². The Morgan fingerprint density at radius 1 is 1.31 bits per heavy atom. The van der Waals surface area contributed by atoms with Crippen molar-refractivity contribution >= 4 is 11.3 Å². The molecule has 0 saturated carbocycles. The third-order valence-electron chi connectivity index (χ3n) is 3.38. The predicted molar refractivity (Wildman–Crippen MR) is 73.3 cm³/mol. The van der Waals surface area contributed by atoms with Crippen LogP contribution in [0.25, 0.3) is 0 Å². The third kappa shape index (κ3) is 1.89. The zero-order valence-corrected chi connectivity index (χ0v) is 11.4. The molecule has 0 aliphatic heterocycles. The summed E-state index contributed by atoms with van der Waals surface area (Å²) in [5.41, 5.74) is 3.15. The van der Waals surface area contributed by atoms with E-state index in [0.29, 0.717) is 5.92 Å². The van der Waals surface area contributed by atoms with E-state index >= 15 is 0 Å². The summed E-state index contributed by atoms with van der Waals surface area (Å²) in [7, 11) is 0. The number of thiophene rings is 1. The van der Waals surface area contributed by atoms with E-state index in [-0.39, 0.29) is 5.41 Å². The summed E-state index contributed by atoms with van der Waals surface area (Å²) in [4.78, 5) is 1.53. The predicted octanol–water partition coefficient (Wildman–Crippen LogP) is 5.04. The molecule has 16 heavy (non-hydrogen) atoms. The van der Waals surface area contributed by atoms with Crippen LogP contribution in [0.1, 0.15) is 50.5 Å². The minimum Gasteiger partial charge on any atom is -0.148 e. The quantitative estimate of drug-likeness (QED) is 0.685. The number of hydrogen-bond donors (Lipinski definition) is 0. The summed E-state index contributed by atoms with van der Waals surface area (Å²) in [5.74, 6) is 0.617. The first-order chi connectivity index (χ1) is 7.53. The van der Waals surface area contributed by atoms with Gasteiger partial charge in [0.05, 0.1) is 0 Å². The zero-order chi connectivity index (χ0) is 11.8. The van der Waals surface area contributed by atoms with E-state index in [1.54, 1.807) is 0 Å². The molecule has 0 atom stereocenters. The molecule has 0 aromatic carbocycles. The molecule has 1 aliphatic rings. The van der Waals surface area contributed by atoms with Gasteiger partial charge in [-0.05, 0) is 34.9 Å². The van der Waals surface area contributed by atoms with Crippen LogP contribution < -0.4 is 0 Å². The monoisotopic (exact) mass is 232 g/mol. The van der Waals surface area contributed by atoms with Gasteiger partial charge in [-0.3, -0.25) is 0 Å². The fourth-order valence-corrected chi connectivity index (χ4v) is 3.54. The van der Waals surface area contributed by atoms with Gasteiger partial charge in [-0.1, -0.05) is 45.9 Å². The minimum absolute atomic E-state index is 0.167. The first-order valence-corrected chi connectivity index (χ1v) is 6.86. The zero-order valence-electron chi connectivity index (χ0n) is 10.6. The molecular weight excluding hydrogens is 212 g/mol. The van der Waals surface area contributed by atoms with Crippen molar-refractivity contribution in [3.8, 4) is 0 Å². The average molecular weight is 232 g/mol. The Morgan fingerprint density at radius 3 is 2.62 bits per heavy atom. The van der Waals surface area contributed by atoms with Gasteiger partial charge in [0, 0.05) is 10.3 Å². The van der Waals surface area contributed by atoms with Crippen LogP contribution in [0.2, 0.25) is 0 Å². The van der Waals surface area contributed by atoms with Crippen LogP contribution in [-0.2, 0) is 5.41 Å². The van der Waals surface area contributed by atoms with E-state index in [1.165, 1.54) is 16.0 Å². The van der Waals surface area contributed by atoms with Crippen LogP contribution >= 0.6 is 11.3 Å². The van der Waals surface area contributed by atoms with E-state index < -0.39 is 0 Å². The van der Waals surface area contributed by atoms with Crippen LogP contribution in [0, 0.1) is 0 Å². The summed E-state index contributed by atoms with van der Waals surface area (Å²) < 4.78 is 0. The van der Waals surface area contributed by atoms with Crippen LogP contribution in [0.3, 0.4) is 0 Å². The highest BCUT2D eigenvalue weighted by Gasteiger charge is 2.29. The highest BCUT2D eigenvalue weighted by atomic mass is 32.1. The highest BCUT2D eigenvalue weighted by molar-refractivity contribution is 7.10. The van der Waals surface area contributed by atoms with Crippen molar-refractivity contribution < 1.29 is 0 Å². The molecule has 0 N–H and O–H groups in total. The van der Waals surface area contributed by atoms with E-state index in [9.17, 15) is 0 Å². The summed E-state index contributed by atoms with van der Waals surface area (Å²) in [6, 6.07) is 2.28. The molecule has 0 fully saturated rings. The van der Waals surface area contributed by atoms with Crippen molar-refractivity contribution in [2.75, 3.05) is 0 Å². The maximum Gasteiger partial charge on any atom is 0.0240 e. The Labute approximate surface area is 103 Å². The molecule has 86 valence electrons. The van der Waals surface area contributed by atoms with Crippen LogP contribution in [0.15, 0.2) is 35.2 Å². The summed E-state index contributed by atoms with van der Waals surface area (Å²) >= 11 is 1.90. The largest absolute Gasteiger partial charge is 0.148 e. The molecule has 0 bridgehead atoms. The second-order valence-corrected chi connectivity index (χ2v) is 6.20. The lowest BCUT2D eigenvalue weighted by atomic mass is 9.80. The molecule has 1 heterocycles. The Bertz CT molecular complexity index is 430. The first kappa shape index (κ1) is 11.7. The smallest absolute Gasteiger partial charge is 0.0240 e. The normalized spacial score (nSPS) is 15.9. The molecule has 1 heteroatoms. The van der Waals surface area contributed by atoms with Gasteiger partial charge in [0.2, 0.25) is 0 Å². The van der Waals surface area contributed by atoms with E-state index in [1.807, 2.05) is 11.3 Å². The van der Waals surface area contributed by atoms with Gasteiger partial charge >= 0.3 is 0 Å². The molecule has 0 spiro atoms. The fraction of sp³-hybridized carbons (Fsp3) is 0.467. The lowest BCUT2D eigenvalue weighted by Gasteiger charge is -2.27. The number of allylic oxidation sites excluding steroid dienone is 4. The average Bonchev–Trinajstić information content (AvgIpc) is 2.89. The Hall–Kier alpha value is -0.820. The van der Waals surface area contributed by atoms with Gasteiger partial charge in [-0.2, -0.15) is 0 Å². The van der Waals surface area contributed by atoms with Crippen LogP contribution in [-0.4, -0.2) is 0 Å². The van der Waals surface area contributed by atoms with Crippen molar-refractivity contribution in [1.82, 2.24) is 0 Å². The maximum atomic E-state index is 2.35. The van der Waals surface area contributed by atoms with Gasteiger partial charge in [0.15, 0.2) is 0 Å². The topological polar surface area (TPSA) is 0 Å². The highest BCUT2D eigenvalue weighted by Crippen LogP contribution is 2.41. The molecular formula is C15H20S. The number of hydrogen-bond acceptors (Lipinski definition) is 1. The second kappa shape index (κ2) is 4.21. The molecule has 0 amide bonds. The van der Waals surface area contributed by atoms with Crippen molar-refractivity contribution in [2.24, 2.45) is 0 Å². The molecule has 1 aromatic rings. The summed E-state index contributed by atoms with van der Waals surface area (Å²) in [6.45, 7) is 9.24. The fourth-order valence-electron chi connectivity index (χ4n) is 2.33. The Morgan fingerprint density at radius 2 is 2.06 bits per heavy atom. The standard InChI is InChI=1S/C15H20S/c1-11(2)13-9-10-16-14(13)15(3,4)12-7-5-6-8-12/h5,7-11H,6H2,1-4H3. The first-order valence-electron chi connectivity index (χ1n) is 5.98. The van der Waals surface area contributed by atoms with Gasteiger partial charge in [0.25, 0.3) is 0 Å². The molecule has 0 nitrogen and oxygen atoms in total. The summed E-state index contributed by atoms with van der Waals surface area (Å²) in [5, 5.41) is 2.23. The lowest BCUT2D eigenvalue weighted by Crippen LogP contribution is -2.19. The van der Waals surface area contributed by atoms with E-state index in [2.05, 4.69) is 57.4 Å². The molecule has 1 aromatic heterocycles. The van der Waals surface area contributed by atoms with Gasteiger partial charge in [-0.25, -0.2) is 0 Å². The van der Waals surface area contributed by atoms with Gasteiger partial charge < -0.3 is 0 Å². The SMILES string of the molecule is CC(C)c1ccsc1C(C)(C)C1=CCC=C1. The second-order valence-electron chi connectivity index (χ2n) is 5.28. The molecule has 2 rings (SSSR count). The maximum absolute atomic E-state index is 2.35.